The van der Waals surface area contributed by atoms with E-state index in [1.54, 1.807) is 0 Å². The van der Waals surface area contributed by atoms with Crippen molar-refractivity contribution >= 4 is 12.2 Å². The van der Waals surface area contributed by atoms with Crippen LogP contribution in [0.15, 0.2) is 60.7 Å². The maximum Gasteiger partial charge on any atom is 3.00 e. The number of halogens is 2. The van der Waals surface area contributed by atoms with E-state index in [2.05, 4.69) is 79.3 Å². The molecule has 0 aliphatic heterocycles. The van der Waals surface area contributed by atoms with Gasteiger partial charge in [-0.2, -0.15) is 12.8 Å². The van der Waals surface area contributed by atoms with Gasteiger partial charge < -0.3 is 31.2 Å². The zero-order valence-corrected chi connectivity index (χ0v) is 18.0. The van der Waals surface area contributed by atoms with Crippen molar-refractivity contribution in [2.75, 3.05) is 0 Å². The van der Waals surface area contributed by atoms with Gasteiger partial charge in [0.1, 0.15) is 0 Å². The minimum Gasteiger partial charge on any atom is -1.00 e. The van der Waals surface area contributed by atoms with Crippen LogP contribution in [-0.2, 0) is 26.2 Å². The summed E-state index contributed by atoms with van der Waals surface area (Å²) in [5.74, 6) is 1.20. The predicted molar refractivity (Wildman–Crippen MR) is 94.6 cm³/mol. The fourth-order valence-electron chi connectivity index (χ4n) is 3.70. The second-order valence-electron chi connectivity index (χ2n) is 6.29. The first-order valence-electron chi connectivity index (χ1n) is 8.28. The van der Waals surface area contributed by atoms with E-state index >= 15 is 0 Å². The molecule has 2 aromatic carbocycles. The Bertz CT molecular complexity index is 673. The number of rotatable bonds is 5. The Morgan fingerprint density at radius 2 is 1.24 bits per heavy atom. The monoisotopic (exact) mass is 445 g/mol. The molecule has 0 N–H and O–H groups in total. The van der Waals surface area contributed by atoms with E-state index in [0.717, 1.165) is 6.42 Å². The fraction of sp³-hybridized carbons (Fsp3) is 0.227. The van der Waals surface area contributed by atoms with E-state index in [0.29, 0.717) is 11.8 Å². The summed E-state index contributed by atoms with van der Waals surface area (Å²) in [6.45, 7) is 0. The van der Waals surface area contributed by atoms with Crippen LogP contribution < -0.4 is 24.8 Å². The largest absolute Gasteiger partial charge is 3.00 e. The molecule has 0 bridgehead atoms. The number of benzene rings is 2. The zero-order chi connectivity index (χ0) is 14.8. The van der Waals surface area contributed by atoms with Crippen LogP contribution in [0.25, 0.3) is 12.2 Å². The van der Waals surface area contributed by atoms with Gasteiger partial charge in [-0.25, -0.2) is 0 Å². The van der Waals surface area contributed by atoms with Gasteiger partial charge in [0.25, 0.3) is 0 Å². The van der Waals surface area contributed by atoms with E-state index < -0.39 is 0 Å². The van der Waals surface area contributed by atoms with Crippen molar-refractivity contribution in [3.05, 3.63) is 89.4 Å². The molecule has 0 nitrogen and oxygen atoms in total. The average molecular weight is 448 g/mol. The molecule has 0 aromatic heterocycles. The topological polar surface area (TPSA) is 0 Å². The molecule has 2 atom stereocenters. The summed E-state index contributed by atoms with van der Waals surface area (Å²) in [4.78, 5) is 0. The van der Waals surface area contributed by atoms with Crippen LogP contribution >= 0.6 is 0 Å². The van der Waals surface area contributed by atoms with E-state index in [1.165, 1.54) is 35.1 Å². The van der Waals surface area contributed by atoms with Crippen molar-refractivity contribution in [2.24, 2.45) is 0 Å². The van der Waals surface area contributed by atoms with Crippen molar-refractivity contribution in [3.8, 4) is 0 Å². The van der Waals surface area contributed by atoms with Gasteiger partial charge in [-0.1, -0.05) is 79.3 Å². The second kappa shape index (κ2) is 10.5. The minimum atomic E-state index is 0. The molecular weight excluding hydrogens is 426 g/mol. The summed E-state index contributed by atoms with van der Waals surface area (Å²) in [6, 6.07) is 17.5. The molecule has 0 heterocycles. The first kappa shape index (κ1) is 22.4. The standard InChI is InChI=1S/C22H21.2ClH.Zr/c1(7-17-13-15-19-9-3-5-11-21(17)19)2-8-18-14-16-20-10-4-6-12-22(18)20;;;/h1,3-6,9-18H,2,7-8H2;2*1H;/q-1;;;+3/p-2. The van der Waals surface area contributed by atoms with Gasteiger partial charge in [0.05, 0.1) is 0 Å². The van der Waals surface area contributed by atoms with Crippen molar-refractivity contribution in [3.63, 3.8) is 0 Å². The summed E-state index contributed by atoms with van der Waals surface area (Å²) in [5.41, 5.74) is 5.79. The molecule has 25 heavy (non-hydrogen) atoms. The van der Waals surface area contributed by atoms with Gasteiger partial charge >= 0.3 is 26.2 Å². The van der Waals surface area contributed by atoms with Crippen LogP contribution in [0.5, 0.6) is 0 Å². The summed E-state index contributed by atoms with van der Waals surface area (Å²) < 4.78 is 0. The summed E-state index contributed by atoms with van der Waals surface area (Å²) in [5, 5.41) is 0. The minimum absolute atomic E-state index is 0. The van der Waals surface area contributed by atoms with Gasteiger partial charge in [-0.15, -0.1) is 0 Å². The Labute approximate surface area is 182 Å². The van der Waals surface area contributed by atoms with Crippen LogP contribution in [0.1, 0.15) is 53.4 Å². The first-order valence-corrected chi connectivity index (χ1v) is 8.28. The van der Waals surface area contributed by atoms with E-state index in [1.807, 2.05) is 0 Å². The van der Waals surface area contributed by atoms with Crippen LogP contribution in [-0.4, -0.2) is 0 Å². The van der Waals surface area contributed by atoms with E-state index in [9.17, 15) is 0 Å². The fourth-order valence-corrected chi connectivity index (χ4v) is 3.70. The van der Waals surface area contributed by atoms with Crippen LogP contribution in [0.3, 0.4) is 0 Å². The summed E-state index contributed by atoms with van der Waals surface area (Å²) >= 11 is 0. The Morgan fingerprint density at radius 1 is 0.720 bits per heavy atom. The maximum absolute atomic E-state index is 2.48. The van der Waals surface area contributed by atoms with Gasteiger partial charge in [0.15, 0.2) is 0 Å². The quantitative estimate of drug-likeness (QED) is 0.447. The molecule has 127 valence electrons. The van der Waals surface area contributed by atoms with Crippen LogP contribution in [0.4, 0.5) is 0 Å². The molecule has 2 aromatic rings. The number of fused-ring (bicyclic) bond motifs is 2. The molecule has 4 rings (SSSR count). The number of hydrogen-bond acceptors (Lipinski definition) is 0. The summed E-state index contributed by atoms with van der Waals surface area (Å²) in [7, 11) is 0. The normalized spacial score (nSPS) is 18.6. The molecule has 3 heteroatoms. The maximum atomic E-state index is 2.48. The third kappa shape index (κ3) is 4.97. The average Bonchev–Trinajstić information content (AvgIpc) is 3.16. The SMILES string of the molecule is C1=CC(C[CH-]CCC2C=Cc3ccccc32)c2ccccc21.[Cl-].[Cl-].[Zr+3]. The second-order valence-corrected chi connectivity index (χ2v) is 6.29. The Morgan fingerprint density at radius 3 is 1.88 bits per heavy atom. The van der Waals surface area contributed by atoms with Crippen molar-refractivity contribution in [1.29, 1.82) is 0 Å². The Hall–Kier alpha value is -0.617. The smallest absolute Gasteiger partial charge is 1.00 e. The molecule has 2 aliphatic carbocycles. The molecule has 2 aliphatic rings. The molecule has 0 saturated heterocycles. The van der Waals surface area contributed by atoms with Crippen LogP contribution in [0.2, 0.25) is 0 Å². The van der Waals surface area contributed by atoms with Crippen molar-refractivity contribution < 1.29 is 51.0 Å². The van der Waals surface area contributed by atoms with Gasteiger partial charge in [-0.05, 0) is 28.2 Å². The predicted octanol–water partition coefficient (Wildman–Crippen LogP) is -0.0123. The first-order chi connectivity index (χ1) is 10.9. The van der Waals surface area contributed by atoms with E-state index in [4.69, 9.17) is 0 Å². The number of unbranched alkanes of at least 4 members (excludes halogenated alkanes) is 1. The molecule has 0 saturated carbocycles. The Balaban J connectivity index is 0.00000104. The van der Waals surface area contributed by atoms with Crippen molar-refractivity contribution in [1.82, 2.24) is 0 Å². The molecular formula is C22H21Cl2Zr. The third-order valence-electron chi connectivity index (χ3n) is 4.91. The summed E-state index contributed by atoms with van der Waals surface area (Å²) in [6.07, 6.45) is 15.3. The van der Waals surface area contributed by atoms with Gasteiger partial charge in [0.2, 0.25) is 0 Å². The molecule has 0 amide bonds. The zero-order valence-electron chi connectivity index (χ0n) is 14.0. The molecule has 2 unspecified atom stereocenters. The van der Waals surface area contributed by atoms with E-state index in [-0.39, 0.29) is 51.0 Å². The molecule has 0 fully saturated rings. The number of hydrogen-bond donors (Lipinski definition) is 0. The van der Waals surface area contributed by atoms with Crippen LogP contribution in [0, 0.1) is 6.42 Å². The third-order valence-corrected chi connectivity index (χ3v) is 4.91. The van der Waals surface area contributed by atoms with Crippen molar-refractivity contribution in [2.45, 2.75) is 31.1 Å². The molecule has 0 spiro atoms. The Kier molecular flexibility index (Phi) is 9.43. The molecule has 1 radical (unpaired) electrons. The van der Waals surface area contributed by atoms with Gasteiger partial charge in [0, 0.05) is 5.92 Å². The number of allylic oxidation sites excluding steroid dienone is 2. The van der Waals surface area contributed by atoms with Gasteiger partial charge in [-0.3, -0.25) is 0 Å².